The number of carbonyl (C=O) groups excluding carboxylic acids is 2. The molecule has 0 aromatic carbocycles. The molecule has 1 aliphatic rings. The van der Waals surface area contributed by atoms with Gasteiger partial charge in [-0.3, -0.25) is 0 Å². The van der Waals surface area contributed by atoms with Crippen LogP contribution >= 0.6 is 11.8 Å². The first-order chi connectivity index (χ1) is 13.7. The van der Waals surface area contributed by atoms with E-state index in [4.69, 9.17) is 9.57 Å². The average molecular weight is 444 g/mol. The molecule has 158 valence electrons. The normalized spacial score (nSPS) is 16.6. The van der Waals surface area contributed by atoms with Gasteiger partial charge < -0.3 is 9.57 Å². The summed E-state index contributed by atoms with van der Waals surface area (Å²) in [4.78, 5) is 40.8. The van der Waals surface area contributed by atoms with Gasteiger partial charge >= 0.3 is 11.7 Å². The number of amides is 1. The number of ether oxygens (including phenoxy) is 1. The highest BCUT2D eigenvalue weighted by atomic mass is 32.2. The van der Waals surface area contributed by atoms with E-state index in [2.05, 4.69) is 5.10 Å². The standard InChI is InChI=1S/C16H20N4O7S2/c1-5-27-20-15(28-6-2)17-19(16(20)23)14(22)18-29(24,25)13-10(3)11(9-21)7-8-12(13)26-4/h7-8,10H,5-6H2,1-4H3,(H,18,22). The van der Waals surface area contributed by atoms with Crippen LogP contribution in [0.1, 0.15) is 20.8 Å². The molecule has 13 heteroatoms. The Morgan fingerprint density at radius 2 is 2.07 bits per heavy atom. The SMILES string of the molecule is CCOn1c(SCC)nn(C(=O)NS(=O)(=O)C2=C(OC)C=CC(=C=O)C2C)c1=O. The molecule has 0 bridgehead atoms. The van der Waals surface area contributed by atoms with Crippen LogP contribution in [-0.2, 0) is 19.6 Å². The lowest BCUT2D eigenvalue weighted by atomic mass is 9.97. The highest BCUT2D eigenvalue weighted by molar-refractivity contribution is 7.99. The van der Waals surface area contributed by atoms with Gasteiger partial charge in [-0.15, -0.1) is 14.5 Å². The quantitative estimate of drug-likeness (QED) is 0.465. The fourth-order valence-corrected chi connectivity index (χ4v) is 4.62. The fourth-order valence-electron chi connectivity index (χ4n) is 2.54. The van der Waals surface area contributed by atoms with E-state index in [-0.39, 0.29) is 28.0 Å². The number of aromatic nitrogens is 3. The molecule has 0 fully saturated rings. The van der Waals surface area contributed by atoms with E-state index in [9.17, 15) is 22.8 Å². The lowest BCUT2D eigenvalue weighted by Gasteiger charge is -2.21. The minimum atomic E-state index is -4.48. The van der Waals surface area contributed by atoms with Gasteiger partial charge in [0, 0.05) is 11.5 Å². The smallest absolute Gasteiger partial charge is 0.388 e. The first-order valence-corrected chi connectivity index (χ1v) is 10.9. The Hall–Kier alpha value is -2.76. The minimum absolute atomic E-state index is 0.0498. The van der Waals surface area contributed by atoms with Crippen molar-refractivity contribution in [3.8, 4) is 0 Å². The van der Waals surface area contributed by atoms with Crippen molar-refractivity contribution in [3.05, 3.63) is 38.9 Å². The fraction of sp³-hybridized carbons (Fsp3) is 0.438. The molecule has 0 spiro atoms. The van der Waals surface area contributed by atoms with Gasteiger partial charge in [-0.05, 0) is 24.8 Å². The van der Waals surface area contributed by atoms with Crippen LogP contribution in [0.2, 0.25) is 0 Å². The Morgan fingerprint density at radius 3 is 2.62 bits per heavy atom. The topological polar surface area (TPSA) is 139 Å². The maximum Gasteiger partial charge on any atom is 0.388 e. The van der Waals surface area contributed by atoms with Crippen LogP contribution < -0.4 is 15.2 Å². The number of thioether (sulfide) groups is 1. The molecule has 1 aromatic heterocycles. The molecule has 11 nitrogen and oxygen atoms in total. The first kappa shape index (κ1) is 22.5. The summed E-state index contributed by atoms with van der Waals surface area (Å²) in [5.74, 6) is 1.23. The number of hydrogen-bond acceptors (Lipinski definition) is 9. The van der Waals surface area contributed by atoms with Crippen LogP contribution in [0.15, 0.2) is 38.3 Å². The number of carbonyl (C=O) groups is 1. The summed E-state index contributed by atoms with van der Waals surface area (Å²) >= 11 is 1.14. The highest BCUT2D eigenvalue weighted by Crippen LogP contribution is 2.31. The zero-order valence-corrected chi connectivity index (χ0v) is 17.8. The number of rotatable bonds is 7. The largest absolute Gasteiger partial charge is 0.496 e. The second kappa shape index (κ2) is 9.16. The van der Waals surface area contributed by atoms with Crippen LogP contribution in [0.3, 0.4) is 0 Å². The van der Waals surface area contributed by atoms with E-state index >= 15 is 0 Å². The molecular weight excluding hydrogens is 424 g/mol. The molecule has 2 rings (SSSR count). The van der Waals surface area contributed by atoms with Crippen molar-refractivity contribution in [1.82, 2.24) is 19.2 Å². The highest BCUT2D eigenvalue weighted by Gasteiger charge is 2.34. The van der Waals surface area contributed by atoms with Crippen LogP contribution in [0.5, 0.6) is 0 Å². The van der Waals surface area contributed by atoms with Crippen LogP contribution in [0, 0.1) is 5.92 Å². The van der Waals surface area contributed by atoms with Gasteiger partial charge in [-0.2, -0.15) is 0 Å². The molecule has 0 saturated carbocycles. The maximum absolute atomic E-state index is 12.8. The second-order valence-electron chi connectivity index (χ2n) is 5.58. The van der Waals surface area contributed by atoms with E-state index < -0.39 is 27.7 Å². The molecule has 1 unspecified atom stereocenters. The molecular formula is C16H20N4O7S2. The summed E-state index contributed by atoms with van der Waals surface area (Å²) in [6.45, 7) is 5.04. The monoisotopic (exact) mass is 444 g/mol. The first-order valence-electron chi connectivity index (χ1n) is 8.48. The molecule has 1 atom stereocenters. The van der Waals surface area contributed by atoms with Gasteiger partial charge in [-0.25, -0.2) is 27.5 Å². The maximum atomic E-state index is 12.8. The summed E-state index contributed by atoms with van der Waals surface area (Å²) in [5.41, 5.74) is -0.889. The van der Waals surface area contributed by atoms with Crippen molar-refractivity contribution in [2.24, 2.45) is 5.92 Å². The number of allylic oxidation sites excluding steroid dienone is 4. The third-order valence-corrected chi connectivity index (χ3v) is 6.18. The number of nitrogens with zero attached hydrogens (tertiary/aromatic N) is 3. The Balaban J connectivity index is 2.45. The number of hydrogen-bond donors (Lipinski definition) is 1. The van der Waals surface area contributed by atoms with Crippen molar-refractivity contribution < 1.29 is 27.6 Å². The lowest BCUT2D eigenvalue weighted by molar-refractivity contribution is 0.0935. The van der Waals surface area contributed by atoms with Gasteiger partial charge in [0.1, 0.15) is 23.2 Å². The van der Waals surface area contributed by atoms with Crippen LogP contribution in [0.4, 0.5) is 4.79 Å². The van der Waals surface area contributed by atoms with Crippen molar-refractivity contribution >= 4 is 33.8 Å². The molecule has 0 radical (unpaired) electrons. The molecule has 1 N–H and O–H groups in total. The lowest BCUT2D eigenvalue weighted by Crippen LogP contribution is -2.43. The van der Waals surface area contributed by atoms with Gasteiger partial charge in [0.25, 0.3) is 10.0 Å². The third-order valence-electron chi connectivity index (χ3n) is 3.80. The summed E-state index contributed by atoms with van der Waals surface area (Å²) in [6.07, 6.45) is 2.66. The van der Waals surface area contributed by atoms with Crippen molar-refractivity contribution in [1.29, 1.82) is 0 Å². The molecule has 1 amide bonds. The zero-order chi connectivity index (χ0) is 21.8. The summed E-state index contributed by atoms with van der Waals surface area (Å²) < 4.78 is 33.7. The van der Waals surface area contributed by atoms with Gasteiger partial charge in [0.2, 0.25) is 5.16 Å². The van der Waals surface area contributed by atoms with E-state index in [0.29, 0.717) is 10.4 Å². The third kappa shape index (κ3) is 4.47. The molecule has 1 aliphatic carbocycles. The van der Waals surface area contributed by atoms with E-state index in [1.165, 1.54) is 26.2 Å². The van der Waals surface area contributed by atoms with Crippen LogP contribution in [0.25, 0.3) is 0 Å². The predicted molar refractivity (Wildman–Crippen MR) is 104 cm³/mol. The van der Waals surface area contributed by atoms with Crippen molar-refractivity contribution in [2.75, 3.05) is 19.5 Å². The van der Waals surface area contributed by atoms with Crippen LogP contribution in [-0.4, -0.2) is 54.4 Å². The number of sulfonamides is 1. The predicted octanol–water partition coefficient (Wildman–Crippen LogP) is 0.315. The second-order valence-corrected chi connectivity index (χ2v) is 8.46. The van der Waals surface area contributed by atoms with Crippen molar-refractivity contribution in [3.63, 3.8) is 0 Å². The average Bonchev–Trinajstić information content (AvgIpc) is 2.97. The minimum Gasteiger partial charge on any atom is -0.496 e. The molecule has 0 saturated heterocycles. The van der Waals surface area contributed by atoms with Crippen molar-refractivity contribution in [2.45, 2.75) is 25.9 Å². The van der Waals surface area contributed by atoms with Gasteiger partial charge in [0.15, 0.2) is 0 Å². The number of nitrogens with one attached hydrogen (secondary N) is 1. The summed E-state index contributed by atoms with van der Waals surface area (Å²) in [7, 11) is -3.23. The molecule has 29 heavy (non-hydrogen) atoms. The Morgan fingerprint density at radius 1 is 1.38 bits per heavy atom. The van der Waals surface area contributed by atoms with E-state index in [1.54, 1.807) is 17.6 Å². The van der Waals surface area contributed by atoms with Gasteiger partial charge in [-0.1, -0.05) is 25.6 Å². The Bertz CT molecular complexity index is 1080. The van der Waals surface area contributed by atoms with E-state index in [0.717, 1.165) is 16.5 Å². The van der Waals surface area contributed by atoms with Gasteiger partial charge in [0.05, 0.1) is 7.11 Å². The summed E-state index contributed by atoms with van der Waals surface area (Å²) in [6, 6.07) is -1.30. The molecule has 0 aliphatic heterocycles. The molecule has 1 aromatic rings. The Kier molecular flexibility index (Phi) is 7.11. The summed E-state index contributed by atoms with van der Waals surface area (Å²) in [5, 5.41) is 3.94. The Labute approximate surface area is 171 Å². The molecule has 1 heterocycles. The van der Waals surface area contributed by atoms with E-state index in [1.807, 2.05) is 6.92 Å². The zero-order valence-electron chi connectivity index (χ0n) is 16.2. The number of methoxy groups -OCH3 is 1.